The normalized spacial score (nSPS) is 13.8. The molecule has 3 rings (SSSR count). The lowest BCUT2D eigenvalue weighted by atomic mass is 10.2. The quantitative estimate of drug-likeness (QED) is 0.623. The summed E-state index contributed by atoms with van der Waals surface area (Å²) < 4.78 is 5.57. The maximum Gasteiger partial charge on any atom is 0.264 e. The highest BCUT2D eigenvalue weighted by Crippen LogP contribution is 2.29. The van der Waals surface area contributed by atoms with Crippen LogP contribution in [0.25, 0.3) is 0 Å². The topological polar surface area (TPSA) is 70.2 Å². The number of hydrogen-bond donors (Lipinski definition) is 0. The van der Waals surface area contributed by atoms with Crippen molar-refractivity contribution in [3.8, 4) is 0 Å². The Morgan fingerprint density at radius 2 is 2.00 bits per heavy atom. The van der Waals surface area contributed by atoms with E-state index in [9.17, 15) is 14.4 Å². The molecule has 7 nitrogen and oxygen atoms in total. The minimum atomic E-state index is -0.322. The van der Waals surface area contributed by atoms with E-state index in [0.717, 1.165) is 16.9 Å². The van der Waals surface area contributed by atoms with Crippen LogP contribution in [-0.2, 0) is 14.3 Å². The summed E-state index contributed by atoms with van der Waals surface area (Å²) >= 11 is 13.3. The first-order valence-electron chi connectivity index (χ1n) is 9.18. The van der Waals surface area contributed by atoms with Crippen LogP contribution in [0, 0.1) is 6.92 Å². The average molecular weight is 470 g/mol. The van der Waals surface area contributed by atoms with Crippen molar-refractivity contribution in [1.29, 1.82) is 0 Å². The minimum absolute atomic E-state index is 0.0536. The first-order chi connectivity index (χ1) is 14.3. The van der Waals surface area contributed by atoms with E-state index in [4.69, 9.17) is 27.9 Å². The first kappa shape index (κ1) is 22.6. The molecule has 2 aromatic rings. The third kappa shape index (κ3) is 4.95. The Hall–Kier alpha value is -2.13. The SMILES string of the molecule is COCCN(CC(=O)N1CC(=O)N(c2cccc(Cl)c2C)C1)C(=O)c1ccc(Cl)s1. The average Bonchev–Trinajstić information content (AvgIpc) is 3.32. The fourth-order valence-corrected chi connectivity index (χ4v) is 4.30. The van der Waals surface area contributed by atoms with Crippen molar-refractivity contribution < 1.29 is 19.1 Å². The van der Waals surface area contributed by atoms with Gasteiger partial charge in [0.15, 0.2) is 0 Å². The number of benzene rings is 1. The number of rotatable bonds is 7. The molecule has 0 atom stereocenters. The van der Waals surface area contributed by atoms with E-state index < -0.39 is 0 Å². The van der Waals surface area contributed by atoms with E-state index in [1.54, 1.807) is 30.3 Å². The smallest absolute Gasteiger partial charge is 0.264 e. The zero-order valence-electron chi connectivity index (χ0n) is 16.6. The van der Waals surface area contributed by atoms with Gasteiger partial charge in [0.05, 0.1) is 15.8 Å². The molecule has 1 aromatic carbocycles. The summed E-state index contributed by atoms with van der Waals surface area (Å²) in [6, 6.07) is 8.57. The molecular formula is C20H21Cl2N3O4S. The molecule has 0 N–H and O–H groups in total. The lowest BCUT2D eigenvalue weighted by Gasteiger charge is -2.25. The number of ether oxygens (including phenoxy) is 1. The van der Waals surface area contributed by atoms with Crippen LogP contribution in [0.3, 0.4) is 0 Å². The van der Waals surface area contributed by atoms with Crippen LogP contribution in [0.1, 0.15) is 15.2 Å². The van der Waals surface area contributed by atoms with Gasteiger partial charge in [0.25, 0.3) is 5.91 Å². The molecule has 0 saturated carbocycles. The number of thiophene rings is 1. The van der Waals surface area contributed by atoms with Crippen LogP contribution in [0.4, 0.5) is 5.69 Å². The number of hydrogen-bond acceptors (Lipinski definition) is 5. The predicted molar refractivity (Wildman–Crippen MR) is 117 cm³/mol. The van der Waals surface area contributed by atoms with Gasteiger partial charge < -0.3 is 14.5 Å². The maximum atomic E-state index is 12.9. The van der Waals surface area contributed by atoms with E-state index in [2.05, 4.69) is 0 Å². The van der Waals surface area contributed by atoms with Gasteiger partial charge in [-0.3, -0.25) is 19.3 Å². The molecule has 1 aromatic heterocycles. The van der Waals surface area contributed by atoms with Crippen molar-refractivity contribution in [3.63, 3.8) is 0 Å². The van der Waals surface area contributed by atoms with Crippen LogP contribution in [0.2, 0.25) is 9.36 Å². The Kier molecular flexibility index (Phi) is 7.36. The third-order valence-electron chi connectivity index (χ3n) is 4.78. The van der Waals surface area contributed by atoms with E-state index in [0.29, 0.717) is 19.9 Å². The van der Waals surface area contributed by atoms with Crippen LogP contribution in [0.5, 0.6) is 0 Å². The molecule has 2 heterocycles. The highest BCUT2D eigenvalue weighted by molar-refractivity contribution is 7.17. The van der Waals surface area contributed by atoms with Crippen molar-refractivity contribution in [3.05, 3.63) is 50.1 Å². The van der Waals surface area contributed by atoms with Gasteiger partial charge in [-0.15, -0.1) is 11.3 Å². The molecule has 1 fully saturated rings. The molecular weight excluding hydrogens is 449 g/mol. The Morgan fingerprint density at radius 1 is 1.23 bits per heavy atom. The summed E-state index contributed by atoms with van der Waals surface area (Å²) in [6.45, 7) is 2.25. The zero-order valence-corrected chi connectivity index (χ0v) is 18.9. The zero-order chi connectivity index (χ0) is 21.8. The molecule has 30 heavy (non-hydrogen) atoms. The molecule has 0 spiro atoms. The first-order valence-corrected chi connectivity index (χ1v) is 10.8. The Balaban J connectivity index is 1.72. The molecule has 0 aliphatic carbocycles. The minimum Gasteiger partial charge on any atom is -0.383 e. The molecule has 0 unspecified atom stereocenters. The van der Waals surface area contributed by atoms with Gasteiger partial charge in [-0.1, -0.05) is 29.3 Å². The molecule has 3 amide bonds. The second-order valence-electron chi connectivity index (χ2n) is 6.76. The number of nitrogens with zero attached hydrogens (tertiary/aromatic N) is 3. The van der Waals surface area contributed by atoms with E-state index >= 15 is 0 Å². The fraction of sp³-hybridized carbons (Fsp3) is 0.350. The molecule has 10 heteroatoms. The summed E-state index contributed by atoms with van der Waals surface area (Å²) in [7, 11) is 1.52. The van der Waals surface area contributed by atoms with Crippen molar-refractivity contribution >= 4 is 57.9 Å². The van der Waals surface area contributed by atoms with E-state index in [-0.39, 0.29) is 50.6 Å². The molecule has 160 valence electrons. The summed E-state index contributed by atoms with van der Waals surface area (Å²) in [5.41, 5.74) is 1.44. The van der Waals surface area contributed by atoms with Crippen molar-refractivity contribution in [2.24, 2.45) is 0 Å². The van der Waals surface area contributed by atoms with Crippen LogP contribution >= 0.6 is 34.5 Å². The van der Waals surface area contributed by atoms with Crippen molar-refractivity contribution in [1.82, 2.24) is 9.80 Å². The highest BCUT2D eigenvalue weighted by atomic mass is 35.5. The van der Waals surface area contributed by atoms with Gasteiger partial charge in [0.1, 0.15) is 19.8 Å². The van der Waals surface area contributed by atoms with Crippen LogP contribution < -0.4 is 4.90 Å². The second-order valence-corrected chi connectivity index (χ2v) is 8.88. The second kappa shape index (κ2) is 9.78. The molecule has 1 saturated heterocycles. The molecule has 0 bridgehead atoms. The van der Waals surface area contributed by atoms with E-state index in [1.807, 2.05) is 6.92 Å². The van der Waals surface area contributed by atoms with Crippen molar-refractivity contribution in [2.45, 2.75) is 6.92 Å². The van der Waals surface area contributed by atoms with E-state index in [1.165, 1.54) is 21.8 Å². The molecule has 1 aliphatic heterocycles. The number of anilines is 1. The molecule has 0 radical (unpaired) electrons. The Bertz CT molecular complexity index is 965. The molecule has 1 aliphatic rings. The summed E-state index contributed by atoms with van der Waals surface area (Å²) in [6.07, 6.45) is 0. The Labute approximate surface area is 188 Å². The number of carbonyl (C=O) groups is 3. The third-order valence-corrected chi connectivity index (χ3v) is 6.41. The number of methoxy groups -OCH3 is 1. The lowest BCUT2D eigenvalue weighted by molar-refractivity contribution is -0.132. The summed E-state index contributed by atoms with van der Waals surface area (Å²) in [4.78, 5) is 43.1. The van der Waals surface area contributed by atoms with Gasteiger partial charge in [-0.25, -0.2) is 0 Å². The number of carbonyl (C=O) groups excluding carboxylic acids is 3. The Morgan fingerprint density at radius 3 is 2.67 bits per heavy atom. The summed E-state index contributed by atoms with van der Waals surface area (Å²) in [5, 5.41) is 0.552. The van der Waals surface area contributed by atoms with Crippen LogP contribution in [0.15, 0.2) is 30.3 Å². The lowest BCUT2D eigenvalue weighted by Crippen LogP contribution is -2.43. The fourth-order valence-electron chi connectivity index (χ4n) is 3.12. The van der Waals surface area contributed by atoms with Gasteiger partial charge in [-0.2, -0.15) is 0 Å². The van der Waals surface area contributed by atoms with Gasteiger partial charge in [0, 0.05) is 24.4 Å². The monoisotopic (exact) mass is 469 g/mol. The highest BCUT2D eigenvalue weighted by Gasteiger charge is 2.34. The van der Waals surface area contributed by atoms with Gasteiger partial charge >= 0.3 is 0 Å². The van der Waals surface area contributed by atoms with Gasteiger partial charge in [0.2, 0.25) is 11.8 Å². The largest absolute Gasteiger partial charge is 0.383 e. The van der Waals surface area contributed by atoms with Gasteiger partial charge in [-0.05, 0) is 36.8 Å². The standard InChI is InChI=1S/C20H21Cl2N3O4S/c1-13-14(21)4-3-5-15(13)25-12-24(11-19(25)27)18(26)10-23(8-9-29-2)20(28)16-6-7-17(22)30-16/h3-7H,8-12H2,1-2H3. The van der Waals surface area contributed by atoms with Crippen molar-refractivity contribution in [2.75, 3.05) is 44.9 Å². The number of amides is 3. The maximum absolute atomic E-state index is 12.9. The van der Waals surface area contributed by atoms with Crippen LogP contribution in [-0.4, -0.2) is 67.5 Å². The summed E-state index contributed by atoms with van der Waals surface area (Å²) in [5.74, 6) is -0.823. The predicted octanol–water partition coefficient (Wildman–Crippen LogP) is 3.28. The number of halogens is 2.